The van der Waals surface area contributed by atoms with E-state index in [0.717, 1.165) is 51.8 Å². The Labute approximate surface area is 140 Å². The minimum atomic E-state index is 0.174. The van der Waals surface area contributed by atoms with E-state index in [1.54, 1.807) is 6.92 Å². The lowest BCUT2D eigenvalue weighted by molar-refractivity contribution is -0.130. The third kappa shape index (κ3) is 6.01. The van der Waals surface area contributed by atoms with Gasteiger partial charge >= 0.3 is 0 Å². The molecule has 0 radical (unpaired) electrons. The van der Waals surface area contributed by atoms with Crippen LogP contribution in [0, 0.1) is 0 Å². The van der Waals surface area contributed by atoms with Crippen LogP contribution >= 0.6 is 0 Å². The van der Waals surface area contributed by atoms with Crippen molar-refractivity contribution in [3.63, 3.8) is 0 Å². The normalized spacial score (nSPS) is 21.2. The zero-order valence-corrected chi connectivity index (χ0v) is 14.9. The second-order valence-corrected chi connectivity index (χ2v) is 6.48. The van der Waals surface area contributed by atoms with Gasteiger partial charge in [0.15, 0.2) is 5.96 Å². The summed E-state index contributed by atoms with van der Waals surface area (Å²) in [5.74, 6) is 1.18. The number of nitrogens with one attached hydrogen (secondary N) is 1. The molecular formula is C17H33N5O. The van der Waals surface area contributed by atoms with Gasteiger partial charge < -0.3 is 20.0 Å². The Kier molecular flexibility index (Phi) is 7.65. The molecule has 132 valence electrons. The molecule has 0 saturated carbocycles. The van der Waals surface area contributed by atoms with E-state index in [-0.39, 0.29) is 5.91 Å². The molecule has 2 heterocycles. The van der Waals surface area contributed by atoms with Crippen molar-refractivity contribution in [3.8, 4) is 0 Å². The van der Waals surface area contributed by atoms with Crippen LogP contribution in [-0.4, -0.2) is 85.5 Å². The maximum atomic E-state index is 11.4. The number of amides is 1. The van der Waals surface area contributed by atoms with Gasteiger partial charge in [0, 0.05) is 46.2 Å². The summed E-state index contributed by atoms with van der Waals surface area (Å²) in [6.07, 6.45) is 5.42. The van der Waals surface area contributed by atoms with Crippen LogP contribution in [0.2, 0.25) is 0 Å². The second-order valence-electron chi connectivity index (χ2n) is 6.48. The Bertz CT molecular complexity index is 382. The fraction of sp³-hybridized carbons (Fsp3) is 0.882. The van der Waals surface area contributed by atoms with Gasteiger partial charge in [-0.1, -0.05) is 12.8 Å². The van der Waals surface area contributed by atoms with E-state index >= 15 is 0 Å². The Balaban J connectivity index is 1.81. The molecule has 2 aliphatic rings. The quantitative estimate of drug-likeness (QED) is 0.619. The van der Waals surface area contributed by atoms with Crippen LogP contribution in [-0.2, 0) is 4.79 Å². The lowest BCUT2D eigenvalue weighted by Gasteiger charge is -2.36. The van der Waals surface area contributed by atoms with Gasteiger partial charge in [-0.2, -0.15) is 0 Å². The maximum absolute atomic E-state index is 11.4. The highest BCUT2D eigenvalue weighted by molar-refractivity contribution is 5.80. The van der Waals surface area contributed by atoms with Gasteiger partial charge in [-0.3, -0.25) is 9.79 Å². The minimum Gasteiger partial charge on any atom is -0.357 e. The molecule has 1 amide bonds. The first-order valence-electron chi connectivity index (χ1n) is 9.22. The van der Waals surface area contributed by atoms with E-state index in [9.17, 15) is 4.79 Å². The highest BCUT2D eigenvalue weighted by Gasteiger charge is 2.20. The van der Waals surface area contributed by atoms with E-state index in [4.69, 9.17) is 4.99 Å². The number of carbonyl (C=O) groups is 1. The number of carbonyl (C=O) groups excluding carboxylic acids is 1. The average molecular weight is 323 g/mol. The van der Waals surface area contributed by atoms with Crippen molar-refractivity contribution in [1.82, 2.24) is 20.0 Å². The van der Waals surface area contributed by atoms with Crippen molar-refractivity contribution in [2.75, 3.05) is 58.9 Å². The van der Waals surface area contributed by atoms with Crippen LogP contribution in [0.5, 0.6) is 0 Å². The molecule has 0 aromatic carbocycles. The molecule has 23 heavy (non-hydrogen) atoms. The molecule has 6 nitrogen and oxygen atoms in total. The van der Waals surface area contributed by atoms with E-state index in [1.807, 2.05) is 4.90 Å². The van der Waals surface area contributed by atoms with Crippen molar-refractivity contribution in [2.45, 2.75) is 39.5 Å². The molecule has 0 unspecified atom stereocenters. The molecule has 0 aromatic rings. The first kappa shape index (κ1) is 18.0. The van der Waals surface area contributed by atoms with Gasteiger partial charge in [-0.15, -0.1) is 0 Å². The molecule has 2 saturated heterocycles. The summed E-state index contributed by atoms with van der Waals surface area (Å²) in [4.78, 5) is 23.0. The van der Waals surface area contributed by atoms with E-state index in [2.05, 4.69) is 22.0 Å². The van der Waals surface area contributed by atoms with E-state index in [1.165, 1.54) is 38.8 Å². The summed E-state index contributed by atoms with van der Waals surface area (Å²) in [5, 5.41) is 3.40. The van der Waals surface area contributed by atoms with Crippen LogP contribution in [0.25, 0.3) is 0 Å². The molecule has 2 rings (SSSR count). The van der Waals surface area contributed by atoms with Gasteiger partial charge in [0.2, 0.25) is 5.91 Å². The number of nitrogens with zero attached hydrogens (tertiary/aromatic N) is 4. The molecule has 0 atom stereocenters. The van der Waals surface area contributed by atoms with E-state index < -0.39 is 0 Å². The molecule has 1 N–H and O–H groups in total. The molecule has 2 aliphatic heterocycles. The number of piperazine rings is 1. The largest absolute Gasteiger partial charge is 0.357 e. The summed E-state index contributed by atoms with van der Waals surface area (Å²) >= 11 is 0. The minimum absolute atomic E-state index is 0.174. The van der Waals surface area contributed by atoms with Crippen molar-refractivity contribution >= 4 is 11.9 Å². The Morgan fingerprint density at radius 2 is 1.57 bits per heavy atom. The van der Waals surface area contributed by atoms with E-state index in [0.29, 0.717) is 0 Å². The molecule has 0 spiro atoms. The smallest absolute Gasteiger partial charge is 0.219 e. The molecule has 0 aromatic heterocycles. The number of hydrogen-bond donors (Lipinski definition) is 1. The summed E-state index contributed by atoms with van der Waals surface area (Å²) in [6, 6.07) is 0. The van der Waals surface area contributed by atoms with Crippen LogP contribution in [0.3, 0.4) is 0 Å². The fourth-order valence-electron chi connectivity index (χ4n) is 3.32. The third-order valence-electron chi connectivity index (χ3n) is 4.74. The first-order chi connectivity index (χ1) is 11.2. The zero-order chi connectivity index (χ0) is 16.5. The lowest BCUT2D eigenvalue weighted by atomic mass is 10.2. The van der Waals surface area contributed by atoms with Crippen molar-refractivity contribution < 1.29 is 4.79 Å². The maximum Gasteiger partial charge on any atom is 0.219 e. The monoisotopic (exact) mass is 323 g/mol. The molecule has 2 fully saturated rings. The van der Waals surface area contributed by atoms with Crippen LogP contribution < -0.4 is 5.32 Å². The van der Waals surface area contributed by atoms with Gasteiger partial charge in [-0.05, 0) is 32.9 Å². The number of hydrogen-bond acceptors (Lipinski definition) is 3. The highest BCUT2D eigenvalue weighted by atomic mass is 16.2. The number of likely N-dealkylation sites (tertiary alicyclic amines) is 1. The second kappa shape index (κ2) is 9.75. The summed E-state index contributed by atoms with van der Waals surface area (Å²) in [5.41, 5.74) is 0. The average Bonchev–Trinajstić information content (AvgIpc) is 2.83. The fourth-order valence-corrected chi connectivity index (χ4v) is 3.32. The van der Waals surface area contributed by atoms with Gasteiger partial charge in [0.25, 0.3) is 0 Å². The number of aliphatic imine (C=N–C) groups is 1. The topological polar surface area (TPSA) is 51.2 Å². The van der Waals surface area contributed by atoms with Gasteiger partial charge in [-0.25, -0.2) is 0 Å². The summed E-state index contributed by atoms with van der Waals surface area (Å²) in [6.45, 7) is 12.3. The summed E-state index contributed by atoms with van der Waals surface area (Å²) < 4.78 is 0. The third-order valence-corrected chi connectivity index (χ3v) is 4.74. The van der Waals surface area contributed by atoms with Crippen molar-refractivity contribution in [1.29, 1.82) is 0 Å². The predicted octanol–water partition coefficient (Wildman–Crippen LogP) is 0.992. The standard InChI is InChI=1S/C17H33N5O/c1-3-18-17(22-14-12-21(13-15-22)16(2)23)19-8-11-20-9-6-4-5-7-10-20/h3-15H2,1-2H3,(H,18,19). The Morgan fingerprint density at radius 3 is 2.13 bits per heavy atom. The van der Waals surface area contributed by atoms with Crippen molar-refractivity contribution in [2.24, 2.45) is 4.99 Å². The molecule has 6 heteroatoms. The van der Waals surface area contributed by atoms with Gasteiger partial charge in [0.05, 0.1) is 6.54 Å². The number of rotatable bonds is 4. The number of guanidine groups is 1. The van der Waals surface area contributed by atoms with Crippen LogP contribution in [0.1, 0.15) is 39.5 Å². The SMILES string of the molecule is CCNC(=NCCN1CCCCCC1)N1CCN(C(C)=O)CC1. The molecular weight excluding hydrogens is 290 g/mol. The van der Waals surface area contributed by atoms with Crippen LogP contribution in [0.15, 0.2) is 4.99 Å². The zero-order valence-electron chi connectivity index (χ0n) is 14.9. The molecule has 0 aliphatic carbocycles. The van der Waals surface area contributed by atoms with Crippen molar-refractivity contribution in [3.05, 3.63) is 0 Å². The van der Waals surface area contributed by atoms with Crippen LogP contribution in [0.4, 0.5) is 0 Å². The predicted molar refractivity (Wildman–Crippen MR) is 94.7 cm³/mol. The first-order valence-corrected chi connectivity index (χ1v) is 9.22. The summed E-state index contributed by atoms with van der Waals surface area (Å²) in [7, 11) is 0. The van der Waals surface area contributed by atoms with Gasteiger partial charge in [0.1, 0.15) is 0 Å². The molecule has 0 bridgehead atoms. The highest BCUT2D eigenvalue weighted by Crippen LogP contribution is 2.09. The Hall–Kier alpha value is -1.30. The Morgan fingerprint density at radius 1 is 0.957 bits per heavy atom. The lowest BCUT2D eigenvalue weighted by Crippen LogP contribution is -2.53.